The second-order valence-corrected chi connectivity index (χ2v) is 24.2. The molecule has 0 unspecified atom stereocenters. The third-order valence-electron chi connectivity index (χ3n) is 12.1. The average molecular weight is 1170 g/mol. The van der Waals surface area contributed by atoms with Crippen LogP contribution in [-0.4, -0.2) is 75.9 Å². The number of amides is 1. The Balaban J connectivity index is 1.04. The van der Waals surface area contributed by atoms with E-state index in [1.165, 1.54) is 54.6 Å². The van der Waals surface area contributed by atoms with Gasteiger partial charge in [-0.15, -0.1) is 0 Å². The molecule has 0 fully saturated rings. The molecule has 1 amide bonds. The highest BCUT2D eigenvalue weighted by atomic mass is 32.2. The van der Waals surface area contributed by atoms with Gasteiger partial charge in [0, 0.05) is 49.5 Å². The number of hydrazine groups is 3. The van der Waals surface area contributed by atoms with Gasteiger partial charge in [0.25, 0.3) is 50.6 Å². The summed E-state index contributed by atoms with van der Waals surface area (Å²) in [4.78, 5) is 9.61. The number of fused-ring (bicyclic) bond motifs is 4. The van der Waals surface area contributed by atoms with Gasteiger partial charge in [0.2, 0.25) is 5.91 Å². The number of aromatic hydroxyl groups is 1. The molecule has 0 radical (unpaired) electrons. The minimum absolute atomic E-state index is 0.000769. The number of rotatable bonds is 17. The second-order valence-electron chi connectivity index (χ2n) is 17.2. The van der Waals surface area contributed by atoms with Gasteiger partial charge in [0.1, 0.15) is 21.2 Å². The number of benzene rings is 9. The minimum atomic E-state index is -5.22. The fourth-order valence-corrected chi connectivity index (χ4v) is 11.2. The highest BCUT2D eigenvalue weighted by Gasteiger charge is 2.26. The standard InChI is InChI=1S/C49H40N8O17S5/c50-38-25-34-27(20-45(38)78(69,70)71)21-46(79(72,73)74)48(49(34)59)57-56-44-18-16-41(33-12-9-30(24-37(33)44)77(66,67)68)53-55-43-17-15-40(32-11-8-29(23-36(32)43)76(63,64)65)52-54-42-14-13-39(31-10-7-28(22-35(31)42)75(60,61)62)51-47(58)19-6-26-4-2-1-3-5-26/h1-25,52-57,59H,50H2,(H,51,58)(H,60,61,62)(H,63,64,65)(H,66,67,68)(H,69,70,71)(H,72,73,74)/b19-6+. The van der Waals surface area contributed by atoms with Crippen LogP contribution in [0.4, 0.5) is 45.5 Å². The number of nitrogen functional groups attached to an aromatic ring is 1. The van der Waals surface area contributed by atoms with Crippen LogP contribution in [0, 0.1) is 0 Å². The lowest BCUT2D eigenvalue weighted by molar-refractivity contribution is -0.111. The third-order valence-corrected chi connectivity index (χ3v) is 16.4. The Labute approximate surface area is 448 Å². The normalized spacial score (nSPS) is 12.5. The van der Waals surface area contributed by atoms with Gasteiger partial charge >= 0.3 is 0 Å². The van der Waals surface area contributed by atoms with Crippen molar-refractivity contribution in [3.8, 4) is 5.75 Å². The number of nitrogens with one attached hydrogen (secondary N) is 7. The maximum absolute atomic E-state index is 13.0. The van der Waals surface area contributed by atoms with E-state index in [1.807, 2.05) is 6.07 Å². The van der Waals surface area contributed by atoms with Gasteiger partial charge in [0.05, 0.1) is 48.8 Å². The maximum atomic E-state index is 13.0. The van der Waals surface area contributed by atoms with Crippen LogP contribution in [0.3, 0.4) is 0 Å². The summed E-state index contributed by atoms with van der Waals surface area (Å²) in [6, 6.07) is 31.1. The van der Waals surface area contributed by atoms with Crippen LogP contribution in [0.1, 0.15) is 5.56 Å². The summed E-state index contributed by atoms with van der Waals surface area (Å²) in [5.74, 6) is -1.38. The van der Waals surface area contributed by atoms with Crippen LogP contribution in [0.25, 0.3) is 49.2 Å². The molecule has 79 heavy (non-hydrogen) atoms. The molecular formula is C49H40N8O17S5. The number of anilines is 8. The van der Waals surface area contributed by atoms with Crippen LogP contribution in [0.15, 0.2) is 170 Å². The third kappa shape index (κ3) is 11.7. The molecule has 0 bridgehead atoms. The zero-order valence-corrected chi connectivity index (χ0v) is 43.8. The van der Waals surface area contributed by atoms with Crippen molar-refractivity contribution in [1.82, 2.24) is 0 Å². The number of phenolic OH excluding ortho intramolecular Hbond substituents is 1. The van der Waals surface area contributed by atoms with E-state index in [4.69, 9.17) is 5.73 Å². The first-order valence-corrected chi connectivity index (χ1v) is 29.5. The average Bonchev–Trinajstić information content (AvgIpc) is 3.51. The number of nitrogens with two attached hydrogens (primary N) is 1. The van der Waals surface area contributed by atoms with Crippen LogP contribution < -0.4 is 43.6 Å². The van der Waals surface area contributed by atoms with Crippen molar-refractivity contribution >= 4 is 151 Å². The first-order valence-electron chi connectivity index (χ1n) is 22.3. The Bertz CT molecular complexity index is 4670. The molecule has 0 saturated carbocycles. The van der Waals surface area contributed by atoms with Crippen LogP contribution >= 0.6 is 0 Å². The maximum Gasteiger partial charge on any atom is 0.296 e. The van der Waals surface area contributed by atoms with E-state index in [9.17, 15) is 74.8 Å². The number of phenols is 1. The van der Waals surface area contributed by atoms with E-state index in [2.05, 4.69) is 37.9 Å². The van der Waals surface area contributed by atoms with E-state index in [0.29, 0.717) is 10.8 Å². The molecule has 9 aromatic rings. The van der Waals surface area contributed by atoms with Crippen molar-refractivity contribution in [3.05, 3.63) is 151 Å². The molecule has 25 nitrogen and oxygen atoms in total. The number of carbonyl (C=O) groups excluding carboxylic acids is 1. The number of hydrogen-bond donors (Lipinski definition) is 14. The molecule has 0 aliphatic heterocycles. The molecular weight excluding hydrogens is 1130 g/mol. The first kappa shape index (κ1) is 55.0. The second kappa shape index (κ2) is 20.5. The summed E-state index contributed by atoms with van der Waals surface area (Å²) < 4.78 is 173. The summed E-state index contributed by atoms with van der Waals surface area (Å²) in [5.41, 5.74) is 23.5. The Hall–Kier alpha value is -8.82. The topological polar surface area (TPSA) is 419 Å². The quantitative estimate of drug-likeness (QED) is 0.0136. The lowest BCUT2D eigenvalue weighted by Gasteiger charge is -2.20. The molecule has 408 valence electrons. The summed E-state index contributed by atoms with van der Waals surface area (Å²) >= 11 is 0. The Morgan fingerprint density at radius 1 is 0.405 bits per heavy atom. The predicted octanol–water partition coefficient (Wildman–Crippen LogP) is 7.79. The highest BCUT2D eigenvalue weighted by Crippen LogP contribution is 2.42. The Morgan fingerprint density at radius 2 is 0.785 bits per heavy atom. The van der Waals surface area contributed by atoms with Gasteiger partial charge in [-0.2, -0.15) is 42.1 Å². The molecule has 0 aromatic heterocycles. The van der Waals surface area contributed by atoms with Crippen molar-refractivity contribution in [3.63, 3.8) is 0 Å². The zero-order valence-electron chi connectivity index (χ0n) is 39.7. The zero-order chi connectivity index (χ0) is 57.0. The smallest absolute Gasteiger partial charge is 0.296 e. The summed E-state index contributed by atoms with van der Waals surface area (Å²) in [6.07, 6.45) is 2.92. The molecule has 9 aromatic carbocycles. The lowest BCUT2D eigenvalue weighted by Crippen LogP contribution is -2.15. The summed E-state index contributed by atoms with van der Waals surface area (Å²) in [5, 5.41) is 14.8. The molecule has 0 saturated heterocycles. The van der Waals surface area contributed by atoms with Gasteiger partial charge in [-0.05, 0) is 108 Å². The monoisotopic (exact) mass is 1170 g/mol. The lowest BCUT2D eigenvalue weighted by atomic mass is 10.1. The van der Waals surface area contributed by atoms with Gasteiger partial charge in [0.15, 0.2) is 0 Å². The molecule has 0 spiro atoms. The van der Waals surface area contributed by atoms with Crippen molar-refractivity contribution in [1.29, 1.82) is 0 Å². The molecule has 0 aliphatic carbocycles. The SMILES string of the molecule is Nc1cc2c(O)c(NNc3ccc(NNc4ccc(NNc5ccc(NC(=O)/C=C/c6ccccc6)c6ccc(S(=O)(=O)O)cc56)c5ccc(S(=O)(=O)O)cc45)c4ccc(S(=O)(=O)O)cc34)c(S(=O)(=O)O)cc2cc1S(=O)(=O)O. The van der Waals surface area contributed by atoms with Gasteiger partial charge in [-0.3, -0.25) is 33.0 Å². The van der Waals surface area contributed by atoms with Crippen LogP contribution in [0.5, 0.6) is 5.75 Å². The Morgan fingerprint density at radius 3 is 1.20 bits per heavy atom. The van der Waals surface area contributed by atoms with Gasteiger partial charge in [-0.1, -0.05) is 48.5 Å². The molecule has 0 atom stereocenters. The molecule has 30 heteroatoms. The number of hydrogen-bond acceptors (Lipinski definition) is 19. The van der Waals surface area contributed by atoms with E-state index >= 15 is 0 Å². The largest absolute Gasteiger partial charge is 0.505 e. The van der Waals surface area contributed by atoms with Crippen molar-refractivity contribution in [2.45, 2.75) is 24.5 Å². The molecule has 15 N–H and O–H groups in total. The Kier molecular flexibility index (Phi) is 14.3. The number of carbonyl (C=O) groups is 1. The van der Waals surface area contributed by atoms with Crippen LogP contribution in [-0.2, 0) is 55.4 Å². The van der Waals surface area contributed by atoms with Crippen molar-refractivity contribution in [2.24, 2.45) is 0 Å². The van der Waals surface area contributed by atoms with Crippen LogP contribution in [0.2, 0.25) is 0 Å². The van der Waals surface area contributed by atoms with Crippen molar-refractivity contribution < 1.29 is 74.8 Å². The highest BCUT2D eigenvalue weighted by molar-refractivity contribution is 7.87. The summed E-state index contributed by atoms with van der Waals surface area (Å²) in [7, 11) is -24.5. The fraction of sp³-hybridized carbons (Fsp3) is 0. The van der Waals surface area contributed by atoms with Gasteiger partial charge < -0.3 is 43.3 Å². The van der Waals surface area contributed by atoms with Crippen molar-refractivity contribution in [2.75, 3.05) is 43.6 Å². The van der Waals surface area contributed by atoms with E-state index in [-0.39, 0.29) is 66.4 Å². The van der Waals surface area contributed by atoms with E-state index in [0.717, 1.165) is 54.1 Å². The first-order chi connectivity index (χ1) is 37.0. The minimum Gasteiger partial charge on any atom is -0.505 e. The summed E-state index contributed by atoms with van der Waals surface area (Å²) in [6.45, 7) is 0. The molecule has 0 aliphatic rings. The molecule has 9 rings (SSSR count). The fourth-order valence-electron chi connectivity index (χ4n) is 8.38. The molecule has 0 heterocycles. The van der Waals surface area contributed by atoms with Gasteiger partial charge in [-0.25, -0.2) is 0 Å². The van der Waals surface area contributed by atoms with E-state index in [1.54, 1.807) is 42.5 Å². The predicted molar refractivity (Wildman–Crippen MR) is 297 cm³/mol. The van der Waals surface area contributed by atoms with E-state index < -0.39 is 98.1 Å².